The predicted molar refractivity (Wildman–Crippen MR) is 137 cm³/mol. The molecule has 2 atom stereocenters. The van der Waals surface area contributed by atoms with Crippen LogP contribution in [0.15, 0.2) is 6.20 Å². The molecular formula is C25H35ClF2N6O3. The molecule has 0 aromatic carbocycles. The predicted octanol–water partition coefficient (Wildman–Crippen LogP) is 5.07. The van der Waals surface area contributed by atoms with E-state index in [1.54, 1.807) is 25.8 Å². The van der Waals surface area contributed by atoms with Crippen molar-refractivity contribution in [2.45, 2.75) is 71.1 Å². The SMILES string of the molecule is [2H]C([2H])(Oc1nc(N2CCCCCN2C(=O)OC(C)(C)C)c2cnc(Cl)c(F)c2n1)[C@@H]1CCCNC[C@H](F)C1. The average Bonchev–Trinajstić information content (AvgIpc) is 3.08. The Labute approximate surface area is 223 Å². The fourth-order valence-electron chi connectivity index (χ4n) is 4.39. The first kappa shape index (κ1) is 24.8. The summed E-state index contributed by atoms with van der Waals surface area (Å²) in [5, 5.41) is 5.72. The molecule has 0 bridgehead atoms. The quantitative estimate of drug-likeness (QED) is 0.536. The summed E-state index contributed by atoms with van der Waals surface area (Å²) < 4.78 is 58.1. The first-order chi connectivity index (χ1) is 18.4. The number of amides is 1. The molecule has 0 spiro atoms. The fourth-order valence-corrected chi connectivity index (χ4v) is 4.53. The third-order valence-corrected chi connectivity index (χ3v) is 6.37. The van der Waals surface area contributed by atoms with E-state index in [4.69, 9.17) is 23.8 Å². The molecule has 0 aliphatic carbocycles. The minimum Gasteiger partial charge on any atom is -0.463 e. The molecule has 2 aromatic rings. The number of carbonyl (C=O) groups excluding carboxylic acids is 1. The first-order valence-corrected chi connectivity index (χ1v) is 13.1. The normalized spacial score (nSPS) is 23.0. The highest BCUT2D eigenvalue weighted by Gasteiger charge is 2.31. The molecule has 2 aromatic heterocycles. The zero-order valence-corrected chi connectivity index (χ0v) is 22.2. The van der Waals surface area contributed by atoms with Crippen LogP contribution in [0.2, 0.25) is 5.15 Å². The fraction of sp³-hybridized carbons (Fsp3) is 0.680. The van der Waals surface area contributed by atoms with Crippen LogP contribution in [0.5, 0.6) is 6.01 Å². The second-order valence-electron chi connectivity index (χ2n) is 10.3. The summed E-state index contributed by atoms with van der Waals surface area (Å²) >= 11 is 5.95. The van der Waals surface area contributed by atoms with Crippen molar-refractivity contribution in [3.8, 4) is 6.01 Å². The number of aromatic nitrogens is 3. The van der Waals surface area contributed by atoms with Gasteiger partial charge in [0, 0.05) is 25.8 Å². The Balaban J connectivity index is 1.77. The first-order valence-electron chi connectivity index (χ1n) is 13.7. The number of fused-ring (bicyclic) bond motifs is 1. The Morgan fingerprint density at radius 1 is 1.27 bits per heavy atom. The Bertz CT molecular complexity index is 1190. The summed E-state index contributed by atoms with van der Waals surface area (Å²) in [7, 11) is 0. The molecule has 4 heterocycles. The van der Waals surface area contributed by atoms with Gasteiger partial charge < -0.3 is 14.8 Å². The minimum atomic E-state index is -2.34. The van der Waals surface area contributed by atoms with Crippen LogP contribution in [-0.2, 0) is 4.74 Å². The highest BCUT2D eigenvalue weighted by molar-refractivity contribution is 6.30. The van der Waals surface area contributed by atoms with Gasteiger partial charge in [0.15, 0.2) is 16.8 Å². The van der Waals surface area contributed by atoms with E-state index >= 15 is 4.39 Å². The molecule has 1 amide bonds. The second kappa shape index (κ2) is 11.9. The number of alkyl halides is 1. The maximum Gasteiger partial charge on any atom is 0.429 e. The summed E-state index contributed by atoms with van der Waals surface area (Å²) in [6.45, 7) is 4.31. The van der Waals surface area contributed by atoms with E-state index in [9.17, 15) is 9.18 Å². The number of pyridine rings is 1. The van der Waals surface area contributed by atoms with Gasteiger partial charge in [0.05, 0.1) is 14.7 Å². The van der Waals surface area contributed by atoms with Gasteiger partial charge in [0.1, 0.15) is 17.3 Å². The van der Waals surface area contributed by atoms with Crippen molar-refractivity contribution in [3.05, 3.63) is 17.2 Å². The van der Waals surface area contributed by atoms with Crippen LogP contribution in [0, 0.1) is 11.7 Å². The molecule has 4 rings (SSSR count). The molecule has 2 aliphatic heterocycles. The molecule has 204 valence electrons. The molecule has 1 N–H and O–H groups in total. The number of anilines is 1. The lowest BCUT2D eigenvalue weighted by molar-refractivity contribution is 0.0232. The van der Waals surface area contributed by atoms with Gasteiger partial charge in [0.25, 0.3) is 0 Å². The van der Waals surface area contributed by atoms with E-state index in [1.807, 2.05) is 0 Å². The lowest BCUT2D eigenvalue weighted by atomic mass is 9.96. The van der Waals surface area contributed by atoms with Gasteiger partial charge in [-0.25, -0.2) is 23.6 Å². The monoisotopic (exact) mass is 542 g/mol. The van der Waals surface area contributed by atoms with Gasteiger partial charge in [0.2, 0.25) is 0 Å². The van der Waals surface area contributed by atoms with E-state index in [0.717, 1.165) is 6.42 Å². The van der Waals surface area contributed by atoms with Gasteiger partial charge in [-0.15, -0.1) is 0 Å². The van der Waals surface area contributed by atoms with E-state index in [1.165, 1.54) is 11.2 Å². The van der Waals surface area contributed by atoms with E-state index in [-0.39, 0.29) is 29.7 Å². The molecule has 12 heteroatoms. The molecular weight excluding hydrogens is 506 g/mol. The summed E-state index contributed by atoms with van der Waals surface area (Å²) in [5.41, 5.74) is -0.986. The third kappa shape index (κ3) is 7.07. The molecule has 0 saturated carbocycles. The number of carbonyl (C=O) groups is 1. The number of hydrazine groups is 1. The summed E-state index contributed by atoms with van der Waals surface area (Å²) in [5.74, 6) is -1.60. The summed E-state index contributed by atoms with van der Waals surface area (Å²) in [6.07, 6.45) is 2.68. The van der Waals surface area contributed by atoms with Crippen LogP contribution in [0.1, 0.15) is 62.0 Å². The van der Waals surface area contributed by atoms with Crippen LogP contribution < -0.4 is 15.1 Å². The Morgan fingerprint density at radius 2 is 2.05 bits per heavy atom. The van der Waals surface area contributed by atoms with E-state index in [0.29, 0.717) is 45.3 Å². The van der Waals surface area contributed by atoms with Gasteiger partial charge in [-0.2, -0.15) is 9.97 Å². The third-order valence-electron chi connectivity index (χ3n) is 6.11. The Kier molecular flexibility index (Phi) is 7.97. The zero-order valence-electron chi connectivity index (χ0n) is 23.4. The van der Waals surface area contributed by atoms with Crippen LogP contribution in [0.25, 0.3) is 10.9 Å². The number of ether oxygens (including phenoxy) is 2. The minimum absolute atomic E-state index is 0.0525. The average molecular weight is 543 g/mol. The maximum absolute atomic E-state index is 15.2. The largest absolute Gasteiger partial charge is 0.463 e. The highest BCUT2D eigenvalue weighted by atomic mass is 35.5. The van der Waals surface area contributed by atoms with Crippen molar-refractivity contribution in [2.24, 2.45) is 5.92 Å². The van der Waals surface area contributed by atoms with Crippen LogP contribution in [0.3, 0.4) is 0 Å². The van der Waals surface area contributed by atoms with Crippen molar-refractivity contribution < 1.29 is 25.8 Å². The summed E-state index contributed by atoms with van der Waals surface area (Å²) in [4.78, 5) is 25.7. The van der Waals surface area contributed by atoms with Gasteiger partial charge in [-0.1, -0.05) is 11.6 Å². The van der Waals surface area contributed by atoms with Crippen molar-refractivity contribution in [2.75, 3.05) is 37.7 Å². The topological polar surface area (TPSA) is 92.7 Å². The summed E-state index contributed by atoms with van der Waals surface area (Å²) in [6, 6.07) is -0.451. The molecule has 2 fully saturated rings. The number of hydrogen-bond acceptors (Lipinski definition) is 8. The molecule has 2 aliphatic rings. The van der Waals surface area contributed by atoms with Gasteiger partial charge >= 0.3 is 12.1 Å². The van der Waals surface area contributed by atoms with Crippen LogP contribution >= 0.6 is 11.6 Å². The number of halogens is 3. The standard InChI is InChI=1S/C25H35ClF2N6O3/c1-25(2,3)37-24(35)34-11-6-4-5-10-33(34)22-18-14-30-21(26)19(28)20(18)31-23(32-22)36-15-16-8-7-9-29-13-17(27)12-16/h14,16-17,29H,4-13,15H2,1-3H3/t16-,17-/m1/s1/i15D2. The zero-order chi connectivity index (χ0) is 28.4. The Hall–Kier alpha value is -2.53. The number of hydrogen-bond donors (Lipinski definition) is 1. The Morgan fingerprint density at radius 3 is 2.84 bits per heavy atom. The maximum atomic E-state index is 15.2. The van der Waals surface area contributed by atoms with Crippen molar-refractivity contribution in [3.63, 3.8) is 0 Å². The van der Waals surface area contributed by atoms with Crippen molar-refractivity contribution >= 4 is 34.4 Å². The van der Waals surface area contributed by atoms with E-state index < -0.39 is 47.3 Å². The molecule has 9 nitrogen and oxygen atoms in total. The number of nitrogens with zero attached hydrogens (tertiary/aromatic N) is 5. The second-order valence-corrected chi connectivity index (χ2v) is 10.7. The van der Waals surface area contributed by atoms with E-state index in [2.05, 4.69) is 20.3 Å². The number of nitrogens with one attached hydrogen (secondary N) is 1. The number of rotatable bonds is 4. The van der Waals surface area contributed by atoms with Crippen molar-refractivity contribution in [1.29, 1.82) is 0 Å². The lowest BCUT2D eigenvalue weighted by Crippen LogP contribution is -2.49. The smallest absolute Gasteiger partial charge is 0.429 e. The molecule has 0 radical (unpaired) electrons. The molecule has 37 heavy (non-hydrogen) atoms. The van der Waals surface area contributed by atoms with Crippen LogP contribution in [0.4, 0.5) is 19.4 Å². The van der Waals surface area contributed by atoms with Gasteiger partial charge in [-0.05, 0) is 71.8 Å². The lowest BCUT2D eigenvalue weighted by Gasteiger charge is -2.35. The van der Waals surface area contributed by atoms with Gasteiger partial charge in [-0.3, -0.25) is 5.01 Å². The van der Waals surface area contributed by atoms with Crippen LogP contribution in [-0.4, -0.2) is 70.6 Å². The molecule has 0 unspecified atom stereocenters. The highest BCUT2D eigenvalue weighted by Crippen LogP contribution is 2.32. The molecule has 2 saturated heterocycles. The van der Waals surface area contributed by atoms with Crippen molar-refractivity contribution in [1.82, 2.24) is 25.3 Å².